The molecule has 56 heavy (non-hydrogen) atoms. The molecule has 0 aliphatic rings. The van der Waals surface area contributed by atoms with Gasteiger partial charge in [0.15, 0.2) is 0 Å². The van der Waals surface area contributed by atoms with Gasteiger partial charge in [0.1, 0.15) is 11.4 Å². The van der Waals surface area contributed by atoms with E-state index < -0.39 is 11.9 Å². The number of nitrogens with one attached hydrogen (secondary N) is 2. The molecule has 0 unspecified atom stereocenters. The molecule has 0 radical (unpaired) electrons. The van der Waals surface area contributed by atoms with E-state index in [0.29, 0.717) is 66.1 Å². The number of hydrogen-bond donors (Lipinski definition) is 5. The fourth-order valence-corrected chi connectivity index (χ4v) is 6.56. The van der Waals surface area contributed by atoms with Gasteiger partial charge in [-0.15, -0.1) is 0 Å². The number of aromatic carboxylic acids is 1. The molecule has 18 nitrogen and oxygen atoms in total. The standard InChI is InChI=1S/C19H24N6O2.C19H23N5O3.H3N.H2O/c1-5-7-24-16-11(3)8-13(17(20)26)10-14(16)21-19(24)22-18(27)15-9-12(4)23-25(15)6-2;1-5-7-23-16-11(3)8-13(18(26)27)10-14(16)20-19(23)21-17(25)15-9-12(4)22-24(15)6-2;;/h8-10H,5-7H2,1-4H3,(H2,20,26)(H,21,22,27);8-10H,5-7H2,1-4H3,(H,26,27)(H,20,21,25);1H3;1H2. The van der Waals surface area contributed by atoms with Gasteiger partial charge in [-0.25, -0.2) is 14.8 Å². The maximum Gasteiger partial charge on any atom is 0.335 e. The molecule has 0 aliphatic carbocycles. The summed E-state index contributed by atoms with van der Waals surface area (Å²) in [5.41, 5.74) is 13.1. The van der Waals surface area contributed by atoms with Crippen LogP contribution >= 0.6 is 0 Å². The Balaban J connectivity index is 0.000000290. The fourth-order valence-electron chi connectivity index (χ4n) is 6.56. The Bertz CT molecular complexity index is 2230. The summed E-state index contributed by atoms with van der Waals surface area (Å²) in [6.45, 7) is 17.9. The van der Waals surface area contributed by atoms with Crippen LogP contribution in [0, 0.1) is 27.7 Å². The molecule has 0 bridgehead atoms. The fraction of sp³-hybridized carbons (Fsp3) is 0.368. The number of aromatic nitrogens is 8. The van der Waals surface area contributed by atoms with E-state index in [1.54, 1.807) is 39.7 Å². The number of imidazole rings is 2. The first kappa shape index (κ1) is 44.0. The van der Waals surface area contributed by atoms with Gasteiger partial charge in [-0.1, -0.05) is 13.8 Å². The van der Waals surface area contributed by atoms with Crippen molar-refractivity contribution in [3.05, 3.63) is 81.4 Å². The molecule has 18 heteroatoms. The molecule has 0 aliphatic heterocycles. The van der Waals surface area contributed by atoms with Crippen LogP contribution in [0.15, 0.2) is 36.4 Å². The third-order valence-corrected chi connectivity index (χ3v) is 8.81. The number of fused-ring (bicyclic) bond motifs is 2. The Morgan fingerprint density at radius 3 is 1.41 bits per heavy atom. The lowest BCUT2D eigenvalue weighted by atomic mass is 10.1. The van der Waals surface area contributed by atoms with Crippen LogP contribution < -0.4 is 22.5 Å². The number of rotatable bonds is 12. The number of benzene rings is 2. The predicted molar refractivity (Wildman–Crippen MR) is 215 cm³/mol. The molecular formula is C38H52N12O6. The molecule has 4 aromatic heterocycles. The zero-order valence-electron chi connectivity index (χ0n) is 33.1. The predicted octanol–water partition coefficient (Wildman–Crippen LogP) is 5.20. The molecule has 10 N–H and O–H groups in total. The van der Waals surface area contributed by atoms with Gasteiger partial charge in [-0.2, -0.15) is 10.2 Å². The molecule has 0 spiro atoms. The minimum atomic E-state index is -1.00. The van der Waals surface area contributed by atoms with E-state index in [-0.39, 0.29) is 29.0 Å². The zero-order chi connectivity index (χ0) is 39.4. The zero-order valence-corrected chi connectivity index (χ0v) is 33.1. The van der Waals surface area contributed by atoms with E-state index in [4.69, 9.17) is 5.73 Å². The molecular weight excluding hydrogens is 720 g/mol. The van der Waals surface area contributed by atoms with E-state index in [9.17, 15) is 24.3 Å². The third kappa shape index (κ3) is 8.93. The number of nitrogens with zero attached hydrogens (tertiary/aromatic N) is 8. The minimum absolute atomic E-state index is 0. The van der Waals surface area contributed by atoms with E-state index >= 15 is 0 Å². The molecule has 0 fully saturated rings. The van der Waals surface area contributed by atoms with Crippen molar-refractivity contribution in [1.82, 2.24) is 44.8 Å². The van der Waals surface area contributed by atoms with Crippen LogP contribution in [0.2, 0.25) is 0 Å². The Morgan fingerprint density at radius 2 is 1.05 bits per heavy atom. The van der Waals surface area contributed by atoms with Crippen molar-refractivity contribution < 1.29 is 29.8 Å². The quantitative estimate of drug-likeness (QED) is 0.108. The molecule has 6 rings (SSSR count). The van der Waals surface area contributed by atoms with Crippen molar-refractivity contribution in [3.63, 3.8) is 0 Å². The van der Waals surface area contributed by atoms with Gasteiger partial charge in [0.05, 0.1) is 39.0 Å². The summed E-state index contributed by atoms with van der Waals surface area (Å²) in [4.78, 5) is 57.5. The molecule has 0 saturated heterocycles. The van der Waals surface area contributed by atoms with Gasteiger partial charge in [0.2, 0.25) is 17.8 Å². The van der Waals surface area contributed by atoms with Crippen LogP contribution in [0.5, 0.6) is 0 Å². The first-order chi connectivity index (χ1) is 25.7. The number of carbonyl (C=O) groups is 4. The molecule has 3 amide bonds. The molecule has 6 aromatic rings. The minimum Gasteiger partial charge on any atom is -0.478 e. The second-order valence-electron chi connectivity index (χ2n) is 13.0. The Labute approximate surface area is 324 Å². The lowest BCUT2D eigenvalue weighted by Crippen LogP contribution is -2.20. The van der Waals surface area contributed by atoms with Gasteiger partial charge < -0.3 is 31.6 Å². The lowest BCUT2D eigenvalue weighted by Gasteiger charge is -2.11. The van der Waals surface area contributed by atoms with Crippen molar-refractivity contribution in [2.24, 2.45) is 5.73 Å². The number of carbonyl (C=O) groups excluding carboxylic acids is 3. The normalized spacial score (nSPS) is 10.7. The number of primary amides is 1. The largest absolute Gasteiger partial charge is 0.478 e. The van der Waals surface area contributed by atoms with Crippen molar-refractivity contribution in [2.75, 3.05) is 10.6 Å². The highest BCUT2D eigenvalue weighted by Gasteiger charge is 2.21. The molecule has 0 atom stereocenters. The van der Waals surface area contributed by atoms with Crippen LogP contribution in [-0.2, 0) is 26.2 Å². The van der Waals surface area contributed by atoms with Gasteiger partial charge in [-0.3, -0.25) is 34.4 Å². The highest BCUT2D eigenvalue weighted by atomic mass is 16.4. The van der Waals surface area contributed by atoms with Gasteiger partial charge >= 0.3 is 5.97 Å². The summed E-state index contributed by atoms with van der Waals surface area (Å²) in [6.07, 6.45) is 1.72. The van der Waals surface area contributed by atoms with Crippen molar-refractivity contribution >= 4 is 57.7 Å². The SMILES string of the molecule is CCCn1c(NC(=O)c2cc(C)nn2CC)nc2cc(C(=O)O)cc(C)c21.CCCn1c(NC(=O)c2cc(C)nn2CC)nc2cc(C(N)=O)cc(C)c21.N.O. The average Bonchev–Trinajstić information content (AvgIpc) is 3.88. The van der Waals surface area contributed by atoms with Crippen molar-refractivity contribution in [1.29, 1.82) is 0 Å². The van der Waals surface area contributed by atoms with Gasteiger partial charge in [0.25, 0.3) is 11.8 Å². The van der Waals surface area contributed by atoms with Crippen LogP contribution in [0.1, 0.15) is 105 Å². The van der Waals surface area contributed by atoms with Crippen molar-refractivity contribution in [3.8, 4) is 0 Å². The molecule has 2 aromatic carbocycles. The summed E-state index contributed by atoms with van der Waals surface area (Å²) in [5, 5.41) is 23.7. The topological polar surface area (TPSA) is 276 Å². The van der Waals surface area contributed by atoms with Crippen LogP contribution in [0.25, 0.3) is 22.1 Å². The monoisotopic (exact) mass is 772 g/mol. The second kappa shape index (κ2) is 18.3. The Kier molecular flexibility index (Phi) is 14.4. The average molecular weight is 773 g/mol. The van der Waals surface area contributed by atoms with Gasteiger partial charge in [0, 0.05) is 31.7 Å². The lowest BCUT2D eigenvalue weighted by molar-refractivity contribution is 0.0696. The maximum atomic E-state index is 12.8. The number of hydrogen-bond acceptors (Lipinski definition) is 9. The highest BCUT2D eigenvalue weighted by molar-refractivity contribution is 6.04. The first-order valence-corrected chi connectivity index (χ1v) is 18.0. The van der Waals surface area contributed by atoms with Crippen LogP contribution in [0.3, 0.4) is 0 Å². The first-order valence-electron chi connectivity index (χ1n) is 18.0. The summed E-state index contributed by atoms with van der Waals surface area (Å²) < 4.78 is 7.19. The van der Waals surface area contributed by atoms with E-state index in [1.807, 2.05) is 57.6 Å². The third-order valence-electron chi connectivity index (χ3n) is 8.81. The summed E-state index contributed by atoms with van der Waals surface area (Å²) in [6, 6.07) is 10.1. The van der Waals surface area contributed by atoms with E-state index in [2.05, 4.69) is 37.7 Å². The molecule has 0 saturated carbocycles. The Morgan fingerprint density at radius 1 is 0.661 bits per heavy atom. The van der Waals surface area contributed by atoms with Crippen LogP contribution in [0.4, 0.5) is 11.9 Å². The Hall–Kier alpha value is -6.40. The summed E-state index contributed by atoms with van der Waals surface area (Å²) in [7, 11) is 0. The number of nitrogens with two attached hydrogens (primary N) is 1. The number of aryl methyl sites for hydroxylation is 8. The number of carboxylic acids is 1. The summed E-state index contributed by atoms with van der Waals surface area (Å²) in [5.74, 6) is -1.21. The number of carboxylic acid groups (broad SMARTS) is 1. The highest BCUT2D eigenvalue weighted by Crippen LogP contribution is 2.27. The molecule has 300 valence electrons. The van der Waals surface area contributed by atoms with E-state index in [0.717, 1.165) is 46.4 Å². The smallest absolute Gasteiger partial charge is 0.335 e. The van der Waals surface area contributed by atoms with Gasteiger partial charge in [-0.05, 0) is 102 Å². The number of amides is 3. The summed E-state index contributed by atoms with van der Waals surface area (Å²) >= 11 is 0. The van der Waals surface area contributed by atoms with Crippen LogP contribution in [-0.4, -0.2) is 72.9 Å². The maximum absolute atomic E-state index is 12.8. The van der Waals surface area contributed by atoms with Crippen molar-refractivity contribution in [2.45, 2.75) is 94.4 Å². The second-order valence-corrected chi connectivity index (χ2v) is 13.0. The molecule has 4 heterocycles. The number of anilines is 2. The van der Waals surface area contributed by atoms with E-state index in [1.165, 1.54) is 6.07 Å².